The third-order valence-corrected chi connectivity index (χ3v) is 4.35. The number of rotatable bonds is 6. The third-order valence-electron chi connectivity index (χ3n) is 4.35. The zero-order valence-electron chi connectivity index (χ0n) is 15.2. The number of esters is 1. The molecule has 1 unspecified atom stereocenters. The van der Waals surface area contributed by atoms with Gasteiger partial charge >= 0.3 is 5.97 Å². The van der Waals surface area contributed by atoms with Crippen molar-refractivity contribution in [2.75, 3.05) is 20.8 Å². The van der Waals surface area contributed by atoms with E-state index in [4.69, 9.17) is 18.9 Å². The van der Waals surface area contributed by atoms with Gasteiger partial charge in [0.1, 0.15) is 12.1 Å². The number of likely N-dealkylation sites (tertiary alicyclic amines) is 1. The summed E-state index contributed by atoms with van der Waals surface area (Å²) in [5, 5.41) is 0. The summed E-state index contributed by atoms with van der Waals surface area (Å²) in [5.41, 5.74) is 1.07. The summed E-state index contributed by atoms with van der Waals surface area (Å²) in [6.07, 6.45) is 1.33. The molecule has 0 aromatic rings. The predicted molar refractivity (Wildman–Crippen MR) is 86.2 cm³/mol. The Morgan fingerprint density at radius 2 is 2.08 bits per heavy atom. The molecule has 0 bridgehead atoms. The van der Waals surface area contributed by atoms with Crippen LogP contribution in [0.4, 0.5) is 0 Å². The minimum atomic E-state index is -0.714. The number of ether oxygens (including phenoxy) is 4. The molecule has 0 radical (unpaired) electrons. The van der Waals surface area contributed by atoms with Crippen molar-refractivity contribution in [3.05, 3.63) is 11.6 Å². The largest absolute Gasteiger partial charge is 0.467 e. The fourth-order valence-electron chi connectivity index (χ4n) is 3.17. The van der Waals surface area contributed by atoms with Crippen LogP contribution in [0.25, 0.3) is 0 Å². The smallest absolute Gasteiger partial charge is 0.328 e. The molecule has 0 spiro atoms. The van der Waals surface area contributed by atoms with Gasteiger partial charge in [0.2, 0.25) is 0 Å². The standard InChI is InChI=1S/C17H27NO6/c1-10(2)7-8-11(16(20)22-6)18-13(14(21-5)15(18)19)12-9-23-17(3,4)24-12/h7,11-14H,8-9H2,1-6H3/t11?,12-,13+,14-/m1/s1. The van der Waals surface area contributed by atoms with Crippen LogP contribution in [0.1, 0.15) is 34.1 Å². The van der Waals surface area contributed by atoms with E-state index in [0.717, 1.165) is 5.57 Å². The third kappa shape index (κ3) is 3.63. The Morgan fingerprint density at radius 1 is 1.42 bits per heavy atom. The molecule has 2 aliphatic rings. The molecule has 4 atom stereocenters. The molecule has 24 heavy (non-hydrogen) atoms. The highest BCUT2D eigenvalue weighted by Gasteiger charge is 2.58. The molecular formula is C17H27NO6. The van der Waals surface area contributed by atoms with Crippen molar-refractivity contribution in [1.82, 2.24) is 4.90 Å². The van der Waals surface area contributed by atoms with Crippen LogP contribution in [0.3, 0.4) is 0 Å². The molecule has 2 fully saturated rings. The van der Waals surface area contributed by atoms with Crippen LogP contribution in [0, 0.1) is 0 Å². The average Bonchev–Trinajstić information content (AvgIpc) is 2.86. The average molecular weight is 341 g/mol. The van der Waals surface area contributed by atoms with E-state index < -0.39 is 23.9 Å². The van der Waals surface area contributed by atoms with Gasteiger partial charge < -0.3 is 23.8 Å². The maximum atomic E-state index is 12.5. The van der Waals surface area contributed by atoms with Crippen LogP contribution in [-0.2, 0) is 28.5 Å². The van der Waals surface area contributed by atoms with Crippen molar-refractivity contribution in [3.63, 3.8) is 0 Å². The van der Waals surface area contributed by atoms with Crippen molar-refractivity contribution in [2.45, 2.75) is 64.2 Å². The summed E-state index contributed by atoms with van der Waals surface area (Å²) in [7, 11) is 2.81. The van der Waals surface area contributed by atoms with E-state index >= 15 is 0 Å². The molecule has 0 saturated carbocycles. The fraction of sp³-hybridized carbons (Fsp3) is 0.765. The minimum Gasteiger partial charge on any atom is -0.467 e. The monoisotopic (exact) mass is 341 g/mol. The normalized spacial score (nSPS) is 29.8. The quantitative estimate of drug-likeness (QED) is 0.411. The highest BCUT2D eigenvalue weighted by molar-refractivity contribution is 5.93. The van der Waals surface area contributed by atoms with E-state index in [1.807, 2.05) is 33.8 Å². The molecule has 0 aromatic carbocycles. The number of carbonyl (C=O) groups excluding carboxylic acids is 2. The summed E-state index contributed by atoms with van der Waals surface area (Å²) in [6.45, 7) is 7.87. The fourth-order valence-corrected chi connectivity index (χ4v) is 3.17. The highest BCUT2D eigenvalue weighted by Crippen LogP contribution is 2.36. The van der Waals surface area contributed by atoms with Crippen molar-refractivity contribution >= 4 is 11.9 Å². The van der Waals surface area contributed by atoms with Crippen LogP contribution in [0.15, 0.2) is 11.6 Å². The van der Waals surface area contributed by atoms with Gasteiger partial charge in [0.25, 0.3) is 5.91 Å². The second-order valence-electron chi connectivity index (χ2n) is 6.82. The molecule has 1 amide bonds. The van der Waals surface area contributed by atoms with Gasteiger partial charge in [-0.1, -0.05) is 11.6 Å². The zero-order valence-corrected chi connectivity index (χ0v) is 15.2. The first-order valence-electron chi connectivity index (χ1n) is 8.09. The molecule has 2 aliphatic heterocycles. The summed E-state index contributed by atoms with van der Waals surface area (Å²) >= 11 is 0. The SMILES string of the molecule is COC(=O)C(CC=C(C)C)N1C(=O)[C@H](OC)[C@@H]1[C@H]1COC(C)(C)O1. The first kappa shape index (κ1) is 18.9. The summed E-state index contributed by atoms with van der Waals surface area (Å²) in [4.78, 5) is 26.3. The maximum absolute atomic E-state index is 12.5. The number of hydrogen-bond donors (Lipinski definition) is 0. The molecule has 136 valence electrons. The number of methoxy groups -OCH3 is 2. The van der Waals surface area contributed by atoms with Crippen molar-refractivity contribution in [2.24, 2.45) is 0 Å². The van der Waals surface area contributed by atoms with E-state index in [1.54, 1.807) is 0 Å². The molecule has 2 heterocycles. The Morgan fingerprint density at radius 3 is 2.54 bits per heavy atom. The van der Waals surface area contributed by atoms with Gasteiger partial charge in [-0.3, -0.25) is 4.79 Å². The summed E-state index contributed by atoms with van der Waals surface area (Å²) in [6, 6.07) is -1.07. The Balaban J connectivity index is 2.24. The molecule has 0 aliphatic carbocycles. The summed E-state index contributed by atoms with van der Waals surface area (Å²) in [5.74, 6) is -1.39. The van der Waals surface area contributed by atoms with Gasteiger partial charge in [0.05, 0.1) is 19.8 Å². The number of nitrogens with zero attached hydrogens (tertiary/aromatic N) is 1. The second kappa shape index (κ2) is 7.21. The molecule has 0 aromatic heterocycles. The number of hydrogen-bond acceptors (Lipinski definition) is 6. The Bertz CT molecular complexity index is 525. The highest BCUT2D eigenvalue weighted by atomic mass is 16.7. The Kier molecular flexibility index (Phi) is 5.67. The summed E-state index contributed by atoms with van der Waals surface area (Å²) < 4.78 is 21.7. The molecule has 0 N–H and O–H groups in total. The lowest BCUT2D eigenvalue weighted by Gasteiger charge is -2.50. The Hall–Kier alpha value is -1.44. The van der Waals surface area contributed by atoms with Crippen LogP contribution < -0.4 is 0 Å². The molecule has 7 nitrogen and oxygen atoms in total. The van der Waals surface area contributed by atoms with Gasteiger partial charge in [-0.2, -0.15) is 0 Å². The second-order valence-corrected chi connectivity index (χ2v) is 6.82. The van der Waals surface area contributed by atoms with Gasteiger partial charge in [-0.05, 0) is 34.1 Å². The molecule has 2 rings (SSSR count). The topological polar surface area (TPSA) is 74.3 Å². The lowest BCUT2D eigenvalue weighted by atomic mass is 9.89. The van der Waals surface area contributed by atoms with Crippen LogP contribution in [0.2, 0.25) is 0 Å². The van der Waals surface area contributed by atoms with E-state index in [-0.39, 0.29) is 18.1 Å². The predicted octanol–water partition coefficient (Wildman–Crippen LogP) is 1.26. The maximum Gasteiger partial charge on any atom is 0.328 e. The minimum absolute atomic E-state index is 0.228. The number of allylic oxidation sites excluding steroid dienone is 1. The van der Waals surface area contributed by atoms with Crippen LogP contribution >= 0.6 is 0 Å². The van der Waals surface area contributed by atoms with E-state index in [9.17, 15) is 9.59 Å². The number of amides is 1. The van der Waals surface area contributed by atoms with Crippen LogP contribution in [0.5, 0.6) is 0 Å². The van der Waals surface area contributed by atoms with E-state index in [1.165, 1.54) is 19.1 Å². The van der Waals surface area contributed by atoms with Crippen molar-refractivity contribution < 1.29 is 28.5 Å². The first-order chi connectivity index (χ1) is 11.2. The molecule has 2 saturated heterocycles. The number of β-lactam (4-membered cyclic amide) rings is 1. The van der Waals surface area contributed by atoms with Gasteiger partial charge in [0, 0.05) is 7.11 Å². The number of carbonyl (C=O) groups is 2. The van der Waals surface area contributed by atoms with E-state index in [0.29, 0.717) is 13.0 Å². The first-order valence-corrected chi connectivity index (χ1v) is 8.09. The zero-order chi connectivity index (χ0) is 18.1. The Labute approximate surface area is 142 Å². The van der Waals surface area contributed by atoms with E-state index in [2.05, 4.69) is 0 Å². The van der Waals surface area contributed by atoms with Crippen LogP contribution in [-0.4, -0.2) is 67.7 Å². The molecular weight excluding hydrogens is 314 g/mol. The molecule has 7 heteroatoms. The van der Waals surface area contributed by atoms with Gasteiger partial charge in [-0.15, -0.1) is 0 Å². The van der Waals surface area contributed by atoms with Gasteiger partial charge in [-0.25, -0.2) is 4.79 Å². The lowest BCUT2D eigenvalue weighted by Crippen LogP contribution is -2.73. The van der Waals surface area contributed by atoms with Crippen molar-refractivity contribution in [1.29, 1.82) is 0 Å². The van der Waals surface area contributed by atoms with Gasteiger partial charge in [0.15, 0.2) is 11.9 Å². The lowest BCUT2D eigenvalue weighted by molar-refractivity contribution is -0.202. The van der Waals surface area contributed by atoms with Crippen molar-refractivity contribution in [3.8, 4) is 0 Å².